The number of ether oxygens (including phenoxy) is 1. The molecule has 0 spiro atoms. The number of fused-ring (bicyclic) bond motifs is 1. The van der Waals surface area contributed by atoms with Crippen molar-refractivity contribution < 1.29 is 9.53 Å². The van der Waals surface area contributed by atoms with Crippen molar-refractivity contribution >= 4 is 52.2 Å². The van der Waals surface area contributed by atoms with Gasteiger partial charge in [-0.15, -0.1) is 0 Å². The maximum atomic E-state index is 12.6. The van der Waals surface area contributed by atoms with E-state index in [1.165, 1.54) is 12.1 Å². The van der Waals surface area contributed by atoms with Crippen LogP contribution in [0.25, 0.3) is 10.9 Å². The van der Waals surface area contributed by atoms with Crippen LogP contribution in [0.5, 0.6) is 5.75 Å². The highest BCUT2D eigenvalue weighted by Gasteiger charge is 2.15. The molecule has 0 unspecified atom stereocenters. The molecule has 0 bridgehead atoms. The lowest BCUT2D eigenvalue weighted by Gasteiger charge is -2.09. The Labute approximate surface area is 151 Å². The Hall–Kier alpha value is -2.15. The Morgan fingerprint density at radius 1 is 1.21 bits per heavy atom. The van der Waals surface area contributed by atoms with E-state index in [0.717, 1.165) is 4.57 Å². The first-order chi connectivity index (χ1) is 11.5. The molecule has 3 aromatic rings. The highest BCUT2D eigenvalue weighted by Crippen LogP contribution is 2.24. The van der Waals surface area contributed by atoms with Gasteiger partial charge in [-0.05, 0) is 36.5 Å². The quantitative estimate of drug-likeness (QED) is 0.695. The summed E-state index contributed by atoms with van der Waals surface area (Å²) in [6.45, 7) is -0.332. The molecule has 0 aliphatic heterocycles. The molecule has 5 nitrogen and oxygen atoms in total. The fraction of sp³-hybridized carbons (Fsp3) is 0.0625. The number of H-pyrrole nitrogens is 1. The Bertz CT molecular complexity index is 1040. The van der Waals surface area contributed by atoms with Gasteiger partial charge in [0.05, 0.1) is 15.9 Å². The molecule has 0 aliphatic rings. The third-order valence-electron chi connectivity index (χ3n) is 3.28. The molecule has 1 N–H and O–H groups in total. The number of nitrogens with zero attached hydrogens (tertiary/aromatic N) is 1. The molecule has 0 radical (unpaired) electrons. The molecule has 0 aliphatic carbocycles. The van der Waals surface area contributed by atoms with Crippen LogP contribution in [0.4, 0.5) is 0 Å². The van der Waals surface area contributed by atoms with Crippen LogP contribution in [0.3, 0.4) is 0 Å². The second kappa shape index (κ2) is 6.76. The topological polar surface area (TPSA) is 64.1 Å². The molecular formula is C16H10Cl2N2O3S. The maximum Gasteiger partial charge on any atom is 0.273 e. The molecule has 122 valence electrons. The fourth-order valence-electron chi connectivity index (χ4n) is 2.20. The molecule has 2 aromatic carbocycles. The zero-order valence-corrected chi connectivity index (χ0v) is 14.4. The minimum atomic E-state index is -0.597. The van der Waals surface area contributed by atoms with Gasteiger partial charge in [0.25, 0.3) is 11.5 Å². The standard InChI is InChI=1S/C16H10Cl2N2O3S/c17-9-6-11-14(12(18)7-9)19-16(24)20(15(11)22)13(21)8-23-10-4-2-1-3-5-10/h1-7H,8H2,(H,19,24). The largest absolute Gasteiger partial charge is 0.484 e. The minimum absolute atomic E-state index is 0.0571. The highest BCUT2D eigenvalue weighted by atomic mass is 35.5. The monoisotopic (exact) mass is 380 g/mol. The summed E-state index contributed by atoms with van der Waals surface area (Å²) in [5, 5.41) is 0.713. The number of aromatic nitrogens is 2. The lowest BCUT2D eigenvalue weighted by molar-refractivity contribution is 0.0830. The molecule has 24 heavy (non-hydrogen) atoms. The molecule has 0 saturated heterocycles. The summed E-state index contributed by atoms with van der Waals surface area (Å²) >= 11 is 17.1. The lowest BCUT2D eigenvalue weighted by Crippen LogP contribution is -2.32. The molecule has 1 aromatic heterocycles. The lowest BCUT2D eigenvalue weighted by atomic mass is 10.2. The van der Waals surface area contributed by atoms with Gasteiger partial charge < -0.3 is 9.72 Å². The summed E-state index contributed by atoms with van der Waals surface area (Å²) in [5.41, 5.74) is -0.260. The van der Waals surface area contributed by atoms with Gasteiger partial charge in [-0.2, -0.15) is 0 Å². The van der Waals surface area contributed by atoms with E-state index < -0.39 is 11.5 Å². The number of aromatic amines is 1. The van der Waals surface area contributed by atoms with Crippen molar-refractivity contribution in [2.45, 2.75) is 0 Å². The fourth-order valence-corrected chi connectivity index (χ4v) is 3.03. The first-order valence-electron chi connectivity index (χ1n) is 6.82. The summed E-state index contributed by atoms with van der Waals surface area (Å²) in [6.07, 6.45) is 0. The van der Waals surface area contributed by atoms with Gasteiger partial charge in [0.1, 0.15) is 5.75 Å². The number of nitrogens with one attached hydrogen (secondary N) is 1. The van der Waals surface area contributed by atoms with E-state index in [9.17, 15) is 9.59 Å². The summed E-state index contributed by atoms with van der Waals surface area (Å²) in [6, 6.07) is 11.7. The number of benzene rings is 2. The summed E-state index contributed by atoms with van der Waals surface area (Å²) in [7, 11) is 0. The van der Waals surface area contributed by atoms with E-state index in [1.54, 1.807) is 24.3 Å². The summed E-state index contributed by atoms with van der Waals surface area (Å²) in [4.78, 5) is 27.7. The van der Waals surface area contributed by atoms with Crippen molar-refractivity contribution in [1.29, 1.82) is 0 Å². The molecular weight excluding hydrogens is 371 g/mol. The van der Waals surface area contributed by atoms with Crippen molar-refractivity contribution in [3.63, 3.8) is 0 Å². The van der Waals surface area contributed by atoms with E-state index in [2.05, 4.69) is 4.98 Å². The van der Waals surface area contributed by atoms with E-state index in [1.807, 2.05) is 6.07 Å². The molecule has 1 heterocycles. The number of hydrogen-bond acceptors (Lipinski definition) is 4. The third-order valence-corrected chi connectivity index (χ3v) is 4.08. The van der Waals surface area contributed by atoms with Crippen LogP contribution in [-0.4, -0.2) is 22.1 Å². The molecule has 3 rings (SSSR count). The van der Waals surface area contributed by atoms with Gasteiger partial charge in [-0.25, -0.2) is 4.57 Å². The van der Waals surface area contributed by atoms with Gasteiger partial charge in [-0.3, -0.25) is 9.59 Å². The van der Waals surface area contributed by atoms with E-state index >= 15 is 0 Å². The van der Waals surface area contributed by atoms with Crippen LogP contribution < -0.4 is 10.3 Å². The zero-order chi connectivity index (χ0) is 17.3. The first kappa shape index (κ1) is 16.7. The molecule has 0 amide bonds. The number of carbonyl (C=O) groups excluding carboxylic acids is 1. The Morgan fingerprint density at radius 2 is 1.92 bits per heavy atom. The van der Waals surface area contributed by atoms with Crippen LogP contribution in [0.1, 0.15) is 4.79 Å². The van der Waals surface area contributed by atoms with Gasteiger partial charge in [0.15, 0.2) is 11.4 Å². The number of halogens is 2. The second-order valence-electron chi connectivity index (χ2n) is 4.88. The number of rotatable bonds is 3. The van der Waals surface area contributed by atoms with E-state index in [-0.39, 0.29) is 26.8 Å². The second-order valence-corrected chi connectivity index (χ2v) is 6.11. The van der Waals surface area contributed by atoms with Crippen LogP contribution in [-0.2, 0) is 0 Å². The molecule has 0 atom stereocenters. The Morgan fingerprint density at radius 3 is 2.62 bits per heavy atom. The SMILES string of the molecule is O=C(COc1ccccc1)n1c(=S)[nH]c2c(Cl)cc(Cl)cc2c1=O. The van der Waals surface area contributed by atoms with Crippen molar-refractivity contribution in [2.24, 2.45) is 0 Å². The van der Waals surface area contributed by atoms with Gasteiger partial charge in [0.2, 0.25) is 0 Å². The van der Waals surface area contributed by atoms with Gasteiger partial charge >= 0.3 is 0 Å². The molecule has 0 fully saturated rings. The number of para-hydroxylation sites is 1. The third kappa shape index (κ3) is 3.21. The predicted octanol–water partition coefficient (Wildman–Crippen LogP) is 4.09. The Kier molecular flexibility index (Phi) is 4.71. The van der Waals surface area contributed by atoms with E-state index in [4.69, 9.17) is 40.2 Å². The minimum Gasteiger partial charge on any atom is -0.484 e. The maximum absolute atomic E-state index is 12.6. The highest BCUT2D eigenvalue weighted by molar-refractivity contribution is 7.71. The van der Waals surface area contributed by atoms with Crippen molar-refractivity contribution in [2.75, 3.05) is 6.61 Å². The Balaban J connectivity index is 2.01. The normalized spacial score (nSPS) is 10.8. The average molecular weight is 381 g/mol. The summed E-state index contributed by atoms with van der Waals surface area (Å²) in [5.74, 6) is -0.0798. The smallest absolute Gasteiger partial charge is 0.273 e. The zero-order valence-electron chi connectivity index (χ0n) is 12.1. The van der Waals surface area contributed by atoms with Crippen molar-refractivity contribution in [3.05, 3.63) is 67.6 Å². The molecule has 0 saturated carbocycles. The number of hydrogen-bond donors (Lipinski definition) is 1. The average Bonchev–Trinajstić information content (AvgIpc) is 2.55. The van der Waals surface area contributed by atoms with Crippen molar-refractivity contribution in [1.82, 2.24) is 9.55 Å². The van der Waals surface area contributed by atoms with Gasteiger partial charge in [0, 0.05) is 5.02 Å². The summed E-state index contributed by atoms with van der Waals surface area (Å²) < 4.78 is 6.15. The van der Waals surface area contributed by atoms with E-state index in [0.29, 0.717) is 11.3 Å². The first-order valence-corrected chi connectivity index (χ1v) is 7.99. The van der Waals surface area contributed by atoms with Crippen LogP contribution in [0, 0.1) is 4.77 Å². The van der Waals surface area contributed by atoms with Gasteiger partial charge in [-0.1, -0.05) is 41.4 Å². The van der Waals surface area contributed by atoms with Crippen LogP contribution >= 0.6 is 35.4 Å². The van der Waals surface area contributed by atoms with Crippen LogP contribution in [0.2, 0.25) is 10.0 Å². The van der Waals surface area contributed by atoms with Crippen LogP contribution in [0.15, 0.2) is 47.3 Å². The molecule has 8 heteroatoms. The number of carbonyl (C=O) groups is 1. The predicted molar refractivity (Wildman–Crippen MR) is 96.0 cm³/mol. The van der Waals surface area contributed by atoms with Crippen molar-refractivity contribution in [3.8, 4) is 5.75 Å².